The monoisotopic (exact) mass is 417 g/mol. The van der Waals surface area contributed by atoms with Crippen LogP contribution >= 0.6 is 11.8 Å². The number of aromatic nitrogens is 3. The van der Waals surface area contributed by atoms with Gasteiger partial charge < -0.3 is 0 Å². The van der Waals surface area contributed by atoms with Crippen molar-refractivity contribution in [3.63, 3.8) is 0 Å². The molecule has 1 aromatic heterocycles. The fourth-order valence-corrected chi connectivity index (χ4v) is 3.53. The smallest absolute Gasteiger partial charge is 0.183 e. The Hall–Kier alpha value is -1.29. The van der Waals surface area contributed by atoms with E-state index in [0.29, 0.717) is 16.7 Å². The molecule has 0 radical (unpaired) electrons. The van der Waals surface area contributed by atoms with Gasteiger partial charge in [-0.3, -0.25) is 5.10 Å². The Morgan fingerprint density at radius 1 is 0.897 bits per heavy atom. The lowest BCUT2D eigenvalue weighted by Gasteiger charge is -2.36. The predicted octanol–water partition coefficient (Wildman–Crippen LogP) is 8.11. The van der Waals surface area contributed by atoms with Gasteiger partial charge in [0.05, 0.1) is 0 Å². The van der Waals surface area contributed by atoms with E-state index in [4.69, 9.17) is 0 Å². The molecule has 0 aliphatic carbocycles. The van der Waals surface area contributed by atoms with Gasteiger partial charge in [0.1, 0.15) is 6.33 Å². The minimum atomic E-state index is 0.267. The summed E-state index contributed by atoms with van der Waals surface area (Å²) in [7, 11) is 0. The summed E-state index contributed by atoms with van der Waals surface area (Å²) in [6, 6.07) is 9.11. The SMILES string of the molecule is CC(C)(C)CC(c1ccc(CSc2ncn[nH]2)cc1)C(C)(C)C.CCC(C)(C)C. The first-order valence-electron chi connectivity index (χ1n) is 10.8. The molecule has 2 rings (SSSR count). The molecule has 3 nitrogen and oxygen atoms in total. The maximum Gasteiger partial charge on any atom is 0.183 e. The first kappa shape index (κ1) is 25.7. The van der Waals surface area contributed by atoms with Crippen molar-refractivity contribution >= 4 is 11.8 Å². The Morgan fingerprint density at radius 3 is 1.83 bits per heavy atom. The van der Waals surface area contributed by atoms with Gasteiger partial charge in [-0.1, -0.05) is 112 Å². The fourth-order valence-electron chi connectivity index (χ4n) is 2.80. The van der Waals surface area contributed by atoms with Crippen molar-refractivity contribution in [2.45, 2.75) is 98.9 Å². The molecule has 1 aromatic carbocycles. The molecule has 29 heavy (non-hydrogen) atoms. The maximum absolute atomic E-state index is 4.15. The summed E-state index contributed by atoms with van der Waals surface area (Å²) in [5.41, 5.74) is 3.90. The molecule has 0 spiro atoms. The van der Waals surface area contributed by atoms with Crippen LogP contribution in [0.1, 0.15) is 99.1 Å². The molecule has 1 N–H and O–H groups in total. The highest BCUT2D eigenvalue weighted by molar-refractivity contribution is 7.98. The standard InChI is InChI=1S/C19H29N3S.C6H14/c1-18(2,3)11-16(19(4,5)6)15-9-7-14(8-10-15)12-23-17-20-13-21-22-17;1-5-6(2,3)4/h7-10,13,16H,11-12H2,1-6H3,(H,20,21,22);5H2,1-4H3. The molecule has 0 fully saturated rings. The van der Waals surface area contributed by atoms with Crippen molar-refractivity contribution in [1.82, 2.24) is 15.2 Å². The van der Waals surface area contributed by atoms with Gasteiger partial charge in [-0.15, -0.1) is 0 Å². The Morgan fingerprint density at radius 2 is 1.45 bits per heavy atom. The Bertz CT molecular complexity index is 684. The van der Waals surface area contributed by atoms with Crippen LogP contribution in [0.4, 0.5) is 0 Å². The van der Waals surface area contributed by atoms with Gasteiger partial charge in [-0.2, -0.15) is 5.10 Å². The van der Waals surface area contributed by atoms with Gasteiger partial charge >= 0.3 is 0 Å². The summed E-state index contributed by atoms with van der Waals surface area (Å²) in [6.45, 7) is 23.0. The van der Waals surface area contributed by atoms with Crippen LogP contribution in [-0.2, 0) is 5.75 Å². The van der Waals surface area contributed by atoms with Crippen molar-refractivity contribution in [3.05, 3.63) is 41.7 Å². The lowest BCUT2D eigenvalue weighted by Crippen LogP contribution is -2.23. The quantitative estimate of drug-likeness (QED) is 0.499. The van der Waals surface area contributed by atoms with Crippen LogP contribution < -0.4 is 0 Å². The minimum absolute atomic E-state index is 0.267. The topological polar surface area (TPSA) is 41.6 Å². The second kappa shape index (κ2) is 10.7. The van der Waals surface area contributed by atoms with E-state index in [0.717, 1.165) is 10.9 Å². The first-order chi connectivity index (χ1) is 13.2. The number of hydrogen-bond acceptors (Lipinski definition) is 3. The molecule has 1 heterocycles. The molecule has 164 valence electrons. The van der Waals surface area contributed by atoms with E-state index in [9.17, 15) is 0 Å². The number of thioether (sulfide) groups is 1. The summed E-state index contributed by atoms with van der Waals surface area (Å²) in [5.74, 6) is 1.48. The highest BCUT2D eigenvalue weighted by Gasteiger charge is 2.30. The third kappa shape index (κ3) is 10.9. The molecule has 1 unspecified atom stereocenters. The third-order valence-electron chi connectivity index (χ3n) is 5.07. The lowest BCUT2D eigenvalue weighted by atomic mass is 9.69. The van der Waals surface area contributed by atoms with Gasteiger partial charge in [-0.25, -0.2) is 4.98 Å². The van der Waals surface area contributed by atoms with E-state index in [1.807, 2.05) is 0 Å². The van der Waals surface area contributed by atoms with Gasteiger partial charge in [0, 0.05) is 5.75 Å². The molecule has 0 amide bonds. The van der Waals surface area contributed by atoms with Crippen molar-refractivity contribution in [2.24, 2.45) is 16.2 Å². The highest BCUT2D eigenvalue weighted by atomic mass is 32.2. The molecule has 0 saturated heterocycles. The maximum atomic E-state index is 4.15. The van der Waals surface area contributed by atoms with Crippen LogP contribution in [-0.4, -0.2) is 15.2 Å². The molecule has 2 aromatic rings. The van der Waals surface area contributed by atoms with E-state index in [1.165, 1.54) is 24.0 Å². The molecule has 1 atom stereocenters. The number of hydrogen-bond donors (Lipinski definition) is 1. The molecular formula is C25H43N3S. The lowest BCUT2D eigenvalue weighted by molar-refractivity contribution is 0.229. The van der Waals surface area contributed by atoms with E-state index >= 15 is 0 Å². The number of aromatic amines is 1. The molecule has 0 aliphatic heterocycles. The molecule has 0 saturated carbocycles. The zero-order chi connectivity index (χ0) is 22.3. The van der Waals surface area contributed by atoms with Gasteiger partial charge in [-0.05, 0) is 39.7 Å². The normalized spacial score (nSPS) is 13.6. The highest BCUT2D eigenvalue weighted by Crippen LogP contribution is 2.43. The van der Waals surface area contributed by atoms with Crippen LogP contribution in [0.2, 0.25) is 0 Å². The predicted molar refractivity (Wildman–Crippen MR) is 128 cm³/mol. The Kier molecular flexibility index (Phi) is 9.46. The average molecular weight is 418 g/mol. The fraction of sp³-hybridized carbons (Fsp3) is 0.680. The van der Waals surface area contributed by atoms with Crippen LogP contribution in [0, 0.1) is 16.2 Å². The second-order valence-corrected chi connectivity index (χ2v) is 12.4. The van der Waals surface area contributed by atoms with E-state index in [-0.39, 0.29) is 5.41 Å². The van der Waals surface area contributed by atoms with Crippen LogP contribution in [0.5, 0.6) is 0 Å². The number of benzene rings is 1. The molecule has 0 aliphatic rings. The summed E-state index contributed by atoms with van der Waals surface area (Å²) >= 11 is 1.68. The van der Waals surface area contributed by atoms with Crippen molar-refractivity contribution in [1.29, 1.82) is 0 Å². The van der Waals surface area contributed by atoms with E-state index in [1.54, 1.807) is 18.1 Å². The van der Waals surface area contributed by atoms with Crippen molar-refractivity contribution in [2.75, 3.05) is 0 Å². The molecule has 4 heteroatoms. The Labute approximate surface area is 183 Å². The van der Waals surface area contributed by atoms with Gasteiger partial charge in [0.2, 0.25) is 0 Å². The number of rotatable bonds is 5. The van der Waals surface area contributed by atoms with Crippen LogP contribution in [0.3, 0.4) is 0 Å². The summed E-state index contributed by atoms with van der Waals surface area (Å²) in [5, 5.41) is 7.63. The van der Waals surface area contributed by atoms with Crippen molar-refractivity contribution in [3.8, 4) is 0 Å². The van der Waals surface area contributed by atoms with Crippen molar-refractivity contribution < 1.29 is 0 Å². The largest absolute Gasteiger partial charge is 0.254 e. The average Bonchev–Trinajstić information content (AvgIpc) is 3.10. The molecule has 0 bridgehead atoms. The Balaban J connectivity index is 0.000000612. The summed E-state index contributed by atoms with van der Waals surface area (Å²) in [4.78, 5) is 4.15. The molecular weight excluding hydrogens is 374 g/mol. The zero-order valence-corrected chi connectivity index (χ0v) is 21.2. The third-order valence-corrected chi connectivity index (χ3v) is 6.02. The zero-order valence-electron chi connectivity index (χ0n) is 20.4. The first-order valence-corrected chi connectivity index (χ1v) is 11.8. The summed E-state index contributed by atoms with van der Waals surface area (Å²) < 4.78 is 0. The number of nitrogens with one attached hydrogen (secondary N) is 1. The van der Waals surface area contributed by atoms with Gasteiger partial charge in [0.15, 0.2) is 5.16 Å². The van der Waals surface area contributed by atoms with E-state index < -0.39 is 0 Å². The van der Waals surface area contributed by atoms with Crippen LogP contribution in [0.15, 0.2) is 35.7 Å². The van der Waals surface area contributed by atoms with E-state index in [2.05, 4.69) is 109 Å². The van der Waals surface area contributed by atoms with Crippen LogP contribution in [0.25, 0.3) is 0 Å². The second-order valence-electron chi connectivity index (χ2n) is 11.4. The minimum Gasteiger partial charge on any atom is -0.254 e. The summed E-state index contributed by atoms with van der Waals surface area (Å²) in [6.07, 6.45) is 4.02. The number of H-pyrrole nitrogens is 1. The van der Waals surface area contributed by atoms with Gasteiger partial charge in [0.25, 0.3) is 0 Å². The number of nitrogens with zero attached hydrogens (tertiary/aromatic N) is 2.